The first-order valence-corrected chi connectivity index (χ1v) is 21.7. The molecule has 0 radical (unpaired) electrons. The number of hydrogen-bond donors (Lipinski definition) is 1. The lowest BCUT2D eigenvalue weighted by molar-refractivity contribution is -0.270. The van der Waals surface area contributed by atoms with Crippen molar-refractivity contribution in [1.29, 1.82) is 0 Å². The zero-order valence-corrected chi connectivity index (χ0v) is 36.9. The molecule has 0 aliphatic heterocycles. The third-order valence-electron chi connectivity index (χ3n) is 18.1. The van der Waals surface area contributed by atoms with Crippen molar-refractivity contribution >= 4 is 12.4 Å². The van der Waals surface area contributed by atoms with E-state index in [0.717, 1.165) is 56.9 Å². The summed E-state index contributed by atoms with van der Waals surface area (Å²) in [6, 6.07) is 6.48. The van der Waals surface area contributed by atoms with Crippen LogP contribution >= 0.6 is 0 Å². The van der Waals surface area contributed by atoms with Gasteiger partial charge in [-0.1, -0.05) is 91.3 Å². The van der Waals surface area contributed by atoms with Gasteiger partial charge in [0.1, 0.15) is 11.9 Å². The first-order chi connectivity index (χ1) is 26.0. The number of nitrogens with zero attached hydrogens (tertiary/aromatic N) is 2. The molecule has 7 unspecified atom stereocenters. The van der Waals surface area contributed by atoms with Crippen molar-refractivity contribution in [2.45, 2.75) is 159 Å². The number of fused-ring (bicyclic) bond motifs is 7. The summed E-state index contributed by atoms with van der Waals surface area (Å²) in [6.07, 6.45) is 14.7. The van der Waals surface area contributed by atoms with E-state index in [4.69, 9.17) is 4.74 Å². The molecule has 4 saturated carbocycles. The van der Waals surface area contributed by atoms with Crippen molar-refractivity contribution in [2.75, 3.05) is 7.05 Å². The standard InChI is InChI=1S/C49H73FN2O4/c1-14-39(51(13)52(31-53)30-34-15-17-35(50)18-16-34)49-24-21-36(32(2)3)41(49)37-19-20-38-46(10,45(37,9)26-28-49)25-27-48(12)44(7,8)40(22-23-47(38,48)11)56-33(4)29-43(5,6)42(54)55/h14-18,31-32,37-38,40H,4,19-30H2,1-3,5-13H3,(H,54,55)/b39-14-/t37?,38?,40?,45-,46?,47?,48?,49?/m1/s1. The summed E-state index contributed by atoms with van der Waals surface area (Å²) in [4.78, 5) is 24.7. The fourth-order valence-corrected chi connectivity index (χ4v) is 14.1. The maximum atomic E-state index is 13.8. The quantitative estimate of drug-likeness (QED) is 0.0991. The van der Waals surface area contributed by atoms with Gasteiger partial charge in [-0.15, -0.1) is 0 Å². The third kappa shape index (κ3) is 6.12. The van der Waals surface area contributed by atoms with E-state index >= 15 is 0 Å². The smallest absolute Gasteiger partial charge is 0.309 e. The number of carboxylic acids is 1. The molecule has 1 amide bonds. The molecule has 4 fully saturated rings. The van der Waals surface area contributed by atoms with Gasteiger partial charge in [0.2, 0.25) is 6.41 Å². The highest BCUT2D eigenvalue weighted by molar-refractivity contribution is 5.73. The highest BCUT2D eigenvalue weighted by atomic mass is 19.1. The van der Waals surface area contributed by atoms with Crippen molar-refractivity contribution in [1.82, 2.24) is 10.0 Å². The van der Waals surface area contributed by atoms with E-state index in [0.29, 0.717) is 36.5 Å². The number of hydrogen-bond acceptors (Lipinski definition) is 4. The second kappa shape index (κ2) is 14.3. The van der Waals surface area contributed by atoms with Crippen LogP contribution in [0.15, 0.2) is 59.5 Å². The number of hydrazine groups is 1. The van der Waals surface area contributed by atoms with E-state index < -0.39 is 11.4 Å². The Balaban J connectivity index is 1.32. The van der Waals surface area contributed by atoms with E-state index in [1.807, 2.05) is 7.05 Å². The topological polar surface area (TPSA) is 70.1 Å². The lowest BCUT2D eigenvalue weighted by Crippen LogP contribution is -2.69. The van der Waals surface area contributed by atoms with Crippen molar-refractivity contribution in [3.8, 4) is 0 Å². The molecule has 1 N–H and O–H groups in total. The van der Waals surface area contributed by atoms with Crippen LogP contribution in [0.3, 0.4) is 0 Å². The van der Waals surface area contributed by atoms with Crippen LogP contribution in [0.4, 0.5) is 4.39 Å². The molecule has 56 heavy (non-hydrogen) atoms. The highest BCUT2D eigenvalue weighted by Crippen LogP contribution is 2.80. The average molecular weight is 773 g/mol. The van der Waals surface area contributed by atoms with Crippen LogP contribution in [-0.2, 0) is 20.9 Å². The average Bonchev–Trinajstić information content (AvgIpc) is 3.52. The fraction of sp³-hybridized carbons (Fsp3) is 0.714. The Hall–Kier alpha value is -3.09. The zero-order valence-electron chi connectivity index (χ0n) is 36.9. The largest absolute Gasteiger partial charge is 0.495 e. The molecule has 5 aliphatic rings. The summed E-state index contributed by atoms with van der Waals surface area (Å²) in [7, 11) is 2.05. The van der Waals surface area contributed by atoms with E-state index in [1.54, 1.807) is 42.1 Å². The molecule has 310 valence electrons. The van der Waals surface area contributed by atoms with Gasteiger partial charge in [-0.25, -0.2) is 4.39 Å². The van der Waals surface area contributed by atoms with Crippen LogP contribution in [0.2, 0.25) is 0 Å². The molecule has 0 aromatic heterocycles. The second-order valence-corrected chi connectivity index (χ2v) is 21.2. The van der Waals surface area contributed by atoms with Gasteiger partial charge in [0.15, 0.2) is 0 Å². The first-order valence-electron chi connectivity index (χ1n) is 21.7. The Morgan fingerprint density at radius 3 is 2.20 bits per heavy atom. The van der Waals surface area contributed by atoms with Crippen LogP contribution in [0.1, 0.15) is 152 Å². The number of amides is 1. The molecule has 0 bridgehead atoms. The number of carboxylic acid groups (broad SMARTS) is 1. The third-order valence-corrected chi connectivity index (χ3v) is 18.1. The number of halogens is 1. The number of allylic oxidation sites excluding steroid dienone is 4. The molecular formula is C49H73FN2O4. The Morgan fingerprint density at radius 1 is 0.964 bits per heavy atom. The molecule has 1 aromatic carbocycles. The molecule has 1 aromatic rings. The summed E-state index contributed by atoms with van der Waals surface area (Å²) in [6.45, 7) is 30.4. The van der Waals surface area contributed by atoms with E-state index in [9.17, 15) is 19.1 Å². The Morgan fingerprint density at radius 2 is 1.61 bits per heavy atom. The van der Waals surface area contributed by atoms with Gasteiger partial charge >= 0.3 is 5.97 Å². The minimum atomic E-state index is -0.919. The molecule has 0 saturated heterocycles. The van der Waals surface area contributed by atoms with Crippen LogP contribution in [0.5, 0.6) is 0 Å². The minimum absolute atomic E-state index is 0.00766. The number of ether oxygens (including phenoxy) is 1. The number of carbonyl (C=O) groups is 2. The maximum Gasteiger partial charge on any atom is 0.309 e. The van der Waals surface area contributed by atoms with Crippen molar-refractivity contribution in [3.05, 3.63) is 70.9 Å². The Kier molecular flexibility index (Phi) is 10.9. The number of rotatable bonds is 12. The molecule has 8 atom stereocenters. The predicted molar refractivity (Wildman–Crippen MR) is 223 cm³/mol. The zero-order chi connectivity index (χ0) is 41.4. The molecule has 7 heteroatoms. The van der Waals surface area contributed by atoms with Gasteiger partial charge in [0, 0.05) is 30.0 Å². The predicted octanol–water partition coefficient (Wildman–Crippen LogP) is 12.1. The number of benzene rings is 1. The van der Waals surface area contributed by atoms with E-state index in [1.165, 1.54) is 37.1 Å². The lowest BCUT2D eigenvalue weighted by Gasteiger charge is -2.75. The summed E-state index contributed by atoms with van der Waals surface area (Å²) >= 11 is 0. The van der Waals surface area contributed by atoms with Gasteiger partial charge in [-0.3, -0.25) is 19.6 Å². The molecule has 6 rings (SSSR count). The summed E-state index contributed by atoms with van der Waals surface area (Å²) in [5.41, 5.74) is 4.74. The lowest BCUT2D eigenvalue weighted by atomic mass is 9.29. The summed E-state index contributed by atoms with van der Waals surface area (Å²) < 4.78 is 20.5. The van der Waals surface area contributed by atoms with Crippen molar-refractivity contribution in [2.24, 2.45) is 55.7 Å². The summed E-state index contributed by atoms with van der Waals surface area (Å²) in [5, 5.41) is 13.7. The van der Waals surface area contributed by atoms with Gasteiger partial charge in [-0.2, -0.15) is 0 Å². The van der Waals surface area contributed by atoms with Crippen LogP contribution in [-0.4, -0.2) is 40.7 Å². The summed E-state index contributed by atoms with van der Waals surface area (Å²) in [5.74, 6) is 1.00. The van der Waals surface area contributed by atoms with Crippen molar-refractivity contribution < 1.29 is 23.8 Å². The first kappa shape index (κ1) is 42.5. The Labute approximate surface area is 338 Å². The molecular weight excluding hydrogens is 700 g/mol. The number of carbonyl (C=O) groups excluding carboxylic acids is 1. The monoisotopic (exact) mass is 773 g/mol. The van der Waals surface area contributed by atoms with E-state index in [-0.39, 0.29) is 44.4 Å². The van der Waals surface area contributed by atoms with Gasteiger partial charge in [0.05, 0.1) is 17.7 Å². The van der Waals surface area contributed by atoms with Gasteiger partial charge in [-0.05, 0) is 142 Å². The Bertz CT molecular complexity index is 1780. The second-order valence-electron chi connectivity index (χ2n) is 21.2. The van der Waals surface area contributed by atoms with Crippen molar-refractivity contribution in [3.63, 3.8) is 0 Å². The van der Waals surface area contributed by atoms with Crippen LogP contribution in [0, 0.1) is 61.5 Å². The SMILES string of the molecule is C=C(CC(C)(C)C(=O)O)OC1CCC2(C)C3CCC4C5=C(C(C)C)CCC5(/C(=C/C)N(C)N(C=O)Cc5ccc(F)cc5)CC[C@@]4(C)C3(C)CCC2(C)C1(C)C. The number of aliphatic carboxylic acids is 1. The molecule has 5 aliphatic carbocycles. The maximum absolute atomic E-state index is 13.8. The van der Waals surface area contributed by atoms with E-state index in [2.05, 4.69) is 80.0 Å². The molecule has 0 spiro atoms. The van der Waals surface area contributed by atoms with Gasteiger partial charge < -0.3 is 9.84 Å². The van der Waals surface area contributed by atoms with Crippen LogP contribution in [0.25, 0.3) is 0 Å². The highest BCUT2D eigenvalue weighted by Gasteiger charge is 2.73. The minimum Gasteiger partial charge on any atom is -0.495 e. The molecule has 6 nitrogen and oxygen atoms in total. The van der Waals surface area contributed by atoms with Crippen LogP contribution < -0.4 is 0 Å². The molecule has 0 heterocycles. The van der Waals surface area contributed by atoms with Gasteiger partial charge in [0.25, 0.3) is 0 Å². The fourth-order valence-electron chi connectivity index (χ4n) is 14.1. The normalized spacial score (nSPS) is 36.5.